The van der Waals surface area contributed by atoms with Crippen molar-refractivity contribution in [2.24, 2.45) is 0 Å². The van der Waals surface area contributed by atoms with E-state index in [1.165, 1.54) is 18.4 Å². The molecule has 0 spiro atoms. The zero-order valence-corrected chi connectivity index (χ0v) is 21.2. The molecule has 1 aromatic heterocycles. The largest absolute Gasteiger partial charge is 0.495 e. The molecule has 34 heavy (non-hydrogen) atoms. The lowest BCUT2D eigenvalue weighted by Crippen LogP contribution is -2.34. The van der Waals surface area contributed by atoms with Crippen molar-refractivity contribution in [1.82, 2.24) is 10.3 Å². The number of rotatable bonds is 4. The highest BCUT2D eigenvalue weighted by Gasteiger charge is 2.19. The normalized spacial score (nSPS) is 10.9. The van der Waals surface area contributed by atoms with Gasteiger partial charge in [-0.05, 0) is 55.8 Å². The van der Waals surface area contributed by atoms with E-state index in [-0.39, 0.29) is 11.0 Å². The Labute approximate surface area is 213 Å². The maximum atomic E-state index is 13.0. The summed E-state index contributed by atoms with van der Waals surface area (Å²) in [5.41, 5.74) is 2.27. The van der Waals surface area contributed by atoms with Crippen LogP contribution in [-0.4, -0.2) is 23.1 Å². The lowest BCUT2D eigenvalue weighted by atomic mass is 10.0. The molecule has 0 saturated carbocycles. The number of hydrogen-bond acceptors (Lipinski definition) is 5. The van der Waals surface area contributed by atoms with Gasteiger partial charge in [0.1, 0.15) is 5.75 Å². The van der Waals surface area contributed by atoms with Crippen LogP contribution in [0.2, 0.25) is 0 Å². The predicted molar refractivity (Wildman–Crippen MR) is 147 cm³/mol. The van der Waals surface area contributed by atoms with E-state index >= 15 is 0 Å². The molecule has 5 aromatic rings. The van der Waals surface area contributed by atoms with Crippen molar-refractivity contribution in [3.63, 3.8) is 0 Å². The van der Waals surface area contributed by atoms with E-state index in [4.69, 9.17) is 17.0 Å². The van der Waals surface area contributed by atoms with Gasteiger partial charge in [-0.2, -0.15) is 0 Å². The molecule has 0 saturated heterocycles. The predicted octanol–water partition coefficient (Wildman–Crippen LogP) is 7.01. The van der Waals surface area contributed by atoms with Gasteiger partial charge in [-0.3, -0.25) is 10.1 Å². The summed E-state index contributed by atoms with van der Waals surface area (Å²) in [6.45, 7) is 0. The van der Waals surface area contributed by atoms with Crippen molar-refractivity contribution in [3.8, 4) is 17.0 Å². The quantitative estimate of drug-likeness (QED) is 0.237. The van der Waals surface area contributed by atoms with Gasteiger partial charge in [0.2, 0.25) is 0 Å². The van der Waals surface area contributed by atoms with E-state index < -0.39 is 0 Å². The van der Waals surface area contributed by atoms with E-state index in [0.29, 0.717) is 16.4 Å². The maximum absolute atomic E-state index is 13.0. The summed E-state index contributed by atoms with van der Waals surface area (Å²) in [7, 11) is 1.53. The number of carbonyl (C=O) groups excluding carboxylic acids is 1. The van der Waals surface area contributed by atoms with E-state index in [1.807, 2.05) is 53.9 Å². The average Bonchev–Trinajstić information content (AvgIpc) is 3.31. The molecule has 168 valence electrons. The average molecular weight is 548 g/mol. The third-order valence-corrected chi connectivity index (χ3v) is 7.16. The summed E-state index contributed by atoms with van der Waals surface area (Å²) in [6, 6.07) is 23.9. The molecule has 0 radical (unpaired) electrons. The Morgan fingerprint density at radius 3 is 2.50 bits per heavy atom. The van der Waals surface area contributed by atoms with Gasteiger partial charge in [0.15, 0.2) is 10.2 Å². The van der Waals surface area contributed by atoms with E-state index in [1.54, 1.807) is 6.07 Å². The van der Waals surface area contributed by atoms with Crippen LogP contribution in [0.3, 0.4) is 0 Å². The van der Waals surface area contributed by atoms with Crippen molar-refractivity contribution >= 4 is 77.2 Å². The zero-order chi connectivity index (χ0) is 23.7. The Morgan fingerprint density at radius 1 is 1.00 bits per heavy atom. The number of thiocarbonyl (C=S) groups is 1. The van der Waals surface area contributed by atoms with Gasteiger partial charge in [-0.1, -0.05) is 66.7 Å². The number of ether oxygens (including phenoxy) is 1. The van der Waals surface area contributed by atoms with Gasteiger partial charge < -0.3 is 10.1 Å². The summed E-state index contributed by atoms with van der Waals surface area (Å²) >= 11 is 10.4. The number of thiazole rings is 1. The van der Waals surface area contributed by atoms with Crippen molar-refractivity contribution < 1.29 is 9.53 Å². The second-order valence-electron chi connectivity index (χ2n) is 7.47. The third-order valence-electron chi connectivity index (χ3n) is 5.41. The van der Waals surface area contributed by atoms with Crippen LogP contribution in [-0.2, 0) is 0 Å². The Bertz CT molecular complexity index is 1560. The highest BCUT2D eigenvalue weighted by molar-refractivity contribution is 9.10. The topological polar surface area (TPSA) is 63.2 Å². The smallest absolute Gasteiger partial charge is 0.261 e. The first-order valence-electron chi connectivity index (χ1n) is 10.4. The fourth-order valence-electron chi connectivity index (χ4n) is 3.86. The number of nitrogens with zero attached hydrogens (tertiary/aromatic N) is 1. The Morgan fingerprint density at radius 2 is 1.71 bits per heavy atom. The Hall–Kier alpha value is -3.33. The standard InChI is InChI=1S/C26H18BrN3O2S2/c1-32-23-20(13-16-8-3-5-11-18(16)22(23)27)24(31)29-25(33)30-26-28-21(14-34-26)19-12-6-9-15-7-2-4-10-17(15)19/h2-14H,1H3,(H2,28,29,30,31,33). The number of benzene rings is 4. The van der Waals surface area contributed by atoms with Crippen LogP contribution in [0.5, 0.6) is 5.75 Å². The maximum Gasteiger partial charge on any atom is 0.261 e. The van der Waals surface area contributed by atoms with Gasteiger partial charge in [-0.15, -0.1) is 11.3 Å². The van der Waals surface area contributed by atoms with Crippen LogP contribution >= 0.6 is 39.5 Å². The number of aromatic nitrogens is 1. The number of halogens is 1. The Balaban J connectivity index is 1.36. The highest BCUT2D eigenvalue weighted by Crippen LogP contribution is 2.36. The molecule has 0 atom stereocenters. The summed E-state index contributed by atoms with van der Waals surface area (Å²) < 4.78 is 6.23. The first-order valence-corrected chi connectivity index (χ1v) is 12.4. The van der Waals surface area contributed by atoms with E-state index in [2.05, 4.69) is 49.7 Å². The van der Waals surface area contributed by atoms with Crippen LogP contribution in [0.25, 0.3) is 32.8 Å². The van der Waals surface area contributed by atoms with Crippen LogP contribution in [0.4, 0.5) is 5.13 Å². The van der Waals surface area contributed by atoms with Gasteiger partial charge in [0, 0.05) is 10.9 Å². The molecule has 2 N–H and O–H groups in total. The van der Waals surface area contributed by atoms with Gasteiger partial charge in [0.25, 0.3) is 5.91 Å². The summed E-state index contributed by atoms with van der Waals surface area (Å²) in [5.74, 6) is 0.0816. The lowest BCUT2D eigenvalue weighted by Gasteiger charge is -2.14. The summed E-state index contributed by atoms with van der Waals surface area (Å²) in [6.07, 6.45) is 0. The number of nitrogens with one attached hydrogen (secondary N) is 2. The number of fused-ring (bicyclic) bond motifs is 2. The van der Waals surface area contributed by atoms with Crippen LogP contribution in [0, 0.1) is 0 Å². The summed E-state index contributed by atoms with van der Waals surface area (Å²) in [4.78, 5) is 17.7. The number of anilines is 1. The molecule has 0 fully saturated rings. The number of amides is 1. The highest BCUT2D eigenvalue weighted by atomic mass is 79.9. The van der Waals surface area contributed by atoms with Crippen molar-refractivity contribution in [2.45, 2.75) is 0 Å². The second kappa shape index (κ2) is 9.50. The van der Waals surface area contributed by atoms with E-state index in [9.17, 15) is 4.79 Å². The first kappa shape index (κ1) is 22.5. The molecule has 0 bridgehead atoms. The number of methoxy groups -OCH3 is 1. The second-order valence-corrected chi connectivity index (χ2v) is 9.52. The molecule has 1 amide bonds. The third kappa shape index (κ3) is 4.27. The molecule has 0 aliphatic carbocycles. The van der Waals surface area contributed by atoms with Crippen LogP contribution in [0.1, 0.15) is 10.4 Å². The van der Waals surface area contributed by atoms with Crippen molar-refractivity contribution in [3.05, 3.63) is 88.2 Å². The number of hydrogen-bond donors (Lipinski definition) is 2. The monoisotopic (exact) mass is 547 g/mol. The van der Waals surface area contributed by atoms with Crippen LogP contribution < -0.4 is 15.4 Å². The Kier molecular flexibility index (Phi) is 6.28. The first-order chi connectivity index (χ1) is 16.5. The van der Waals surface area contributed by atoms with E-state index in [0.717, 1.165) is 37.3 Å². The molecule has 8 heteroatoms. The van der Waals surface area contributed by atoms with Crippen molar-refractivity contribution in [2.75, 3.05) is 12.4 Å². The molecule has 0 aliphatic rings. The minimum atomic E-state index is -0.369. The molecule has 4 aromatic carbocycles. The molecular formula is C26H18BrN3O2S2. The van der Waals surface area contributed by atoms with Crippen LogP contribution in [0.15, 0.2) is 82.6 Å². The lowest BCUT2D eigenvalue weighted by molar-refractivity contribution is 0.0975. The summed E-state index contributed by atoms with van der Waals surface area (Å²) in [5, 5.41) is 12.7. The van der Waals surface area contributed by atoms with Crippen molar-refractivity contribution in [1.29, 1.82) is 0 Å². The molecule has 5 rings (SSSR count). The fourth-order valence-corrected chi connectivity index (χ4v) is 5.56. The molecular weight excluding hydrogens is 530 g/mol. The fraction of sp³-hybridized carbons (Fsp3) is 0.0385. The van der Waals surface area contributed by atoms with Gasteiger partial charge in [0.05, 0.1) is 22.8 Å². The SMILES string of the molecule is COc1c(C(=O)NC(=S)Nc2nc(-c3cccc4ccccc34)cs2)cc2ccccc2c1Br. The van der Waals surface area contributed by atoms with Gasteiger partial charge in [-0.25, -0.2) is 4.98 Å². The minimum absolute atomic E-state index is 0.162. The molecule has 5 nitrogen and oxygen atoms in total. The molecule has 0 unspecified atom stereocenters. The van der Waals surface area contributed by atoms with Gasteiger partial charge >= 0.3 is 0 Å². The molecule has 0 aliphatic heterocycles. The minimum Gasteiger partial charge on any atom is -0.495 e. The molecule has 1 heterocycles. The number of carbonyl (C=O) groups is 1. The zero-order valence-electron chi connectivity index (χ0n) is 18.0.